The molecule has 0 aliphatic carbocycles. The van der Waals surface area contributed by atoms with Crippen molar-refractivity contribution in [1.29, 1.82) is 0 Å². The lowest BCUT2D eigenvalue weighted by Crippen LogP contribution is -2.51. The van der Waals surface area contributed by atoms with Crippen molar-refractivity contribution in [2.45, 2.75) is 32.2 Å². The fourth-order valence-corrected chi connectivity index (χ4v) is 2.96. The molecule has 21 heavy (non-hydrogen) atoms. The number of carbonyl (C=O) groups is 2. The smallest absolute Gasteiger partial charge is 0.236 e. The molecule has 2 heterocycles. The van der Waals surface area contributed by atoms with Gasteiger partial charge in [0, 0.05) is 39.1 Å². The van der Waals surface area contributed by atoms with Crippen LogP contribution in [0.2, 0.25) is 0 Å². The van der Waals surface area contributed by atoms with Crippen molar-refractivity contribution in [2.75, 3.05) is 45.8 Å². The average molecular weight is 319 g/mol. The summed E-state index contributed by atoms with van der Waals surface area (Å²) in [6, 6.07) is 0.121. The van der Waals surface area contributed by atoms with Gasteiger partial charge in [0.15, 0.2) is 0 Å². The zero-order valence-electron chi connectivity index (χ0n) is 12.8. The van der Waals surface area contributed by atoms with E-state index in [2.05, 4.69) is 15.5 Å². The molecule has 2 saturated heterocycles. The summed E-state index contributed by atoms with van der Waals surface area (Å²) < 4.78 is 0. The highest BCUT2D eigenvalue weighted by Gasteiger charge is 2.25. The number of likely N-dealkylation sites (tertiary alicyclic amines) is 1. The molecule has 0 bridgehead atoms. The molecule has 6 nitrogen and oxygen atoms in total. The van der Waals surface area contributed by atoms with Crippen molar-refractivity contribution < 1.29 is 9.59 Å². The second-order valence-electron chi connectivity index (χ2n) is 5.76. The number of carbonyl (C=O) groups excluding carboxylic acids is 2. The second-order valence-corrected chi connectivity index (χ2v) is 5.76. The fraction of sp³-hybridized carbons (Fsp3) is 0.857. The summed E-state index contributed by atoms with van der Waals surface area (Å²) in [6.45, 7) is 7.45. The largest absolute Gasteiger partial charge is 0.352 e. The van der Waals surface area contributed by atoms with E-state index in [1.165, 1.54) is 6.92 Å². The Morgan fingerprint density at radius 3 is 2.76 bits per heavy atom. The molecule has 0 saturated carbocycles. The topological polar surface area (TPSA) is 64.7 Å². The first kappa shape index (κ1) is 18.2. The van der Waals surface area contributed by atoms with Gasteiger partial charge in [-0.05, 0) is 32.4 Å². The van der Waals surface area contributed by atoms with E-state index in [1.807, 2.05) is 4.90 Å². The first-order valence-electron chi connectivity index (χ1n) is 7.63. The molecule has 2 aliphatic rings. The molecule has 0 aromatic carbocycles. The monoisotopic (exact) mass is 318 g/mol. The van der Waals surface area contributed by atoms with Gasteiger partial charge >= 0.3 is 0 Å². The SMILES string of the molecule is CC(=O)NC1CCCN(C(=O)CN2CCCNCC2)C1.Cl. The Bertz CT molecular complexity index is 346. The molecular weight excluding hydrogens is 292 g/mol. The number of nitrogens with one attached hydrogen (secondary N) is 2. The molecule has 1 atom stereocenters. The van der Waals surface area contributed by atoms with Crippen LogP contribution in [-0.2, 0) is 9.59 Å². The minimum atomic E-state index is -0.0112. The van der Waals surface area contributed by atoms with Crippen LogP contribution in [0.1, 0.15) is 26.2 Å². The molecule has 2 fully saturated rings. The third-order valence-corrected chi connectivity index (χ3v) is 3.97. The van der Waals surface area contributed by atoms with Crippen LogP contribution in [0, 0.1) is 0 Å². The Kier molecular flexibility index (Phi) is 8.00. The minimum absolute atomic E-state index is 0. The number of nitrogens with zero attached hydrogens (tertiary/aromatic N) is 2. The molecule has 0 radical (unpaired) electrons. The lowest BCUT2D eigenvalue weighted by Gasteiger charge is -2.34. The van der Waals surface area contributed by atoms with E-state index in [4.69, 9.17) is 0 Å². The van der Waals surface area contributed by atoms with E-state index < -0.39 is 0 Å². The summed E-state index contributed by atoms with van der Waals surface area (Å²) in [7, 11) is 0. The molecule has 7 heteroatoms. The van der Waals surface area contributed by atoms with Crippen LogP contribution in [0.25, 0.3) is 0 Å². The standard InChI is InChI=1S/C14H26N4O2.ClH/c1-12(19)16-13-4-2-8-18(10-13)14(20)11-17-7-3-5-15-6-9-17;/h13,15H,2-11H2,1H3,(H,16,19);1H. The number of halogens is 1. The first-order chi connectivity index (χ1) is 9.65. The van der Waals surface area contributed by atoms with Gasteiger partial charge in [-0.2, -0.15) is 0 Å². The number of rotatable bonds is 3. The van der Waals surface area contributed by atoms with E-state index in [0.29, 0.717) is 13.1 Å². The molecule has 2 amide bonds. The number of hydrogen-bond donors (Lipinski definition) is 2. The van der Waals surface area contributed by atoms with Gasteiger partial charge in [-0.1, -0.05) is 0 Å². The molecule has 122 valence electrons. The van der Waals surface area contributed by atoms with Gasteiger partial charge in [0.2, 0.25) is 11.8 Å². The molecule has 2 aliphatic heterocycles. The van der Waals surface area contributed by atoms with Gasteiger partial charge in [-0.15, -0.1) is 12.4 Å². The van der Waals surface area contributed by atoms with Crippen molar-refractivity contribution in [3.8, 4) is 0 Å². The Hall–Kier alpha value is -0.850. The van der Waals surface area contributed by atoms with Gasteiger partial charge in [-0.3, -0.25) is 14.5 Å². The lowest BCUT2D eigenvalue weighted by atomic mass is 10.1. The third kappa shape index (κ3) is 6.20. The first-order valence-corrected chi connectivity index (χ1v) is 7.63. The van der Waals surface area contributed by atoms with Gasteiger partial charge in [0.1, 0.15) is 0 Å². The normalized spacial score (nSPS) is 23.9. The van der Waals surface area contributed by atoms with Crippen LogP contribution in [-0.4, -0.2) is 73.5 Å². The van der Waals surface area contributed by atoms with Crippen LogP contribution in [0.4, 0.5) is 0 Å². The Morgan fingerprint density at radius 2 is 2.00 bits per heavy atom. The van der Waals surface area contributed by atoms with Crippen molar-refractivity contribution in [3.63, 3.8) is 0 Å². The Morgan fingerprint density at radius 1 is 1.19 bits per heavy atom. The quantitative estimate of drug-likeness (QED) is 0.758. The van der Waals surface area contributed by atoms with Crippen molar-refractivity contribution in [1.82, 2.24) is 20.4 Å². The Balaban J connectivity index is 0.00000220. The zero-order chi connectivity index (χ0) is 14.4. The van der Waals surface area contributed by atoms with Gasteiger partial charge < -0.3 is 15.5 Å². The van der Waals surface area contributed by atoms with E-state index in [0.717, 1.165) is 52.0 Å². The van der Waals surface area contributed by atoms with Crippen molar-refractivity contribution in [3.05, 3.63) is 0 Å². The summed E-state index contributed by atoms with van der Waals surface area (Å²) in [5, 5.41) is 6.27. The number of hydrogen-bond acceptors (Lipinski definition) is 4. The zero-order valence-corrected chi connectivity index (χ0v) is 13.6. The summed E-state index contributed by atoms with van der Waals surface area (Å²) in [5.74, 6) is 0.185. The summed E-state index contributed by atoms with van der Waals surface area (Å²) in [4.78, 5) is 27.6. The van der Waals surface area contributed by atoms with E-state index in [1.54, 1.807) is 0 Å². The molecule has 0 aromatic rings. The summed E-state index contributed by atoms with van der Waals surface area (Å²) >= 11 is 0. The van der Waals surface area contributed by atoms with E-state index in [-0.39, 0.29) is 30.3 Å². The molecular formula is C14H27ClN4O2. The maximum atomic E-state index is 12.4. The van der Waals surface area contributed by atoms with Crippen LogP contribution in [0.5, 0.6) is 0 Å². The van der Waals surface area contributed by atoms with Crippen LogP contribution in [0.3, 0.4) is 0 Å². The molecule has 1 unspecified atom stereocenters. The van der Waals surface area contributed by atoms with Crippen LogP contribution in [0.15, 0.2) is 0 Å². The fourth-order valence-electron chi connectivity index (χ4n) is 2.96. The van der Waals surface area contributed by atoms with Gasteiger partial charge in [-0.25, -0.2) is 0 Å². The van der Waals surface area contributed by atoms with Gasteiger partial charge in [0.05, 0.1) is 6.54 Å². The average Bonchev–Trinajstić information content (AvgIpc) is 2.67. The number of piperidine rings is 1. The molecule has 0 spiro atoms. The highest BCUT2D eigenvalue weighted by Crippen LogP contribution is 2.11. The predicted molar refractivity (Wildman–Crippen MR) is 84.6 cm³/mol. The van der Waals surface area contributed by atoms with E-state index >= 15 is 0 Å². The maximum Gasteiger partial charge on any atom is 0.236 e. The Labute approximate surface area is 133 Å². The highest BCUT2D eigenvalue weighted by atomic mass is 35.5. The van der Waals surface area contributed by atoms with Crippen LogP contribution >= 0.6 is 12.4 Å². The maximum absolute atomic E-state index is 12.4. The third-order valence-electron chi connectivity index (χ3n) is 3.97. The van der Waals surface area contributed by atoms with Gasteiger partial charge in [0.25, 0.3) is 0 Å². The lowest BCUT2D eigenvalue weighted by molar-refractivity contribution is -0.134. The molecule has 2 N–H and O–H groups in total. The predicted octanol–water partition coefficient (Wildman–Crippen LogP) is -0.169. The van der Waals surface area contributed by atoms with E-state index in [9.17, 15) is 9.59 Å². The van der Waals surface area contributed by atoms with Crippen molar-refractivity contribution in [2.24, 2.45) is 0 Å². The van der Waals surface area contributed by atoms with Crippen molar-refractivity contribution >= 4 is 24.2 Å². The summed E-state index contributed by atoms with van der Waals surface area (Å²) in [6.07, 6.45) is 3.04. The van der Waals surface area contributed by atoms with Crippen LogP contribution < -0.4 is 10.6 Å². The minimum Gasteiger partial charge on any atom is -0.352 e. The number of amides is 2. The summed E-state index contributed by atoms with van der Waals surface area (Å²) in [5.41, 5.74) is 0. The molecule has 0 aromatic heterocycles. The highest BCUT2D eigenvalue weighted by molar-refractivity contribution is 5.85. The second kappa shape index (κ2) is 9.23. The molecule has 2 rings (SSSR count).